The summed E-state index contributed by atoms with van der Waals surface area (Å²) >= 11 is 0. The van der Waals surface area contributed by atoms with Gasteiger partial charge in [0.2, 0.25) is 0 Å². The lowest BCUT2D eigenvalue weighted by Crippen LogP contribution is -2.13. The predicted octanol–water partition coefficient (Wildman–Crippen LogP) is 17.9. The van der Waals surface area contributed by atoms with Gasteiger partial charge in [-0.2, -0.15) is 0 Å². The van der Waals surface area contributed by atoms with Gasteiger partial charge in [-0.25, -0.2) is 0 Å². The Morgan fingerprint density at radius 2 is 0.547 bits per heavy atom. The Balaban J connectivity index is 0.895. The third-order valence-corrected chi connectivity index (χ3v) is 12.1. The lowest BCUT2D eigenvalue weighted by molar-refractivity contribution is 0.590. The van der Waals surface area contributed by atoms with Gasteiger partial charge in [-0.05, 0) is 163 Å². The minimum atomic E-state index is 0.107. The molecule has 0 unspecified atom stereocenters. The van der Waals surface area contributed by atoms with E-state index in [2.05, 4.69) is 282 Å². The lowest BCUT2D eigenvalue weighted by Gasteiger charge is -2.27. The monoisotopic (exact) mass is 828 g/mol. The maximum absolute atomic E-state index is 2.32. The largest absolute Gasteiger partial charge is 0.311 e. The summed E-state index contributed by atoms with van der Waals surface area (Å²) in [6, 6.07) is 74.9. The first-order valence-electron chi connectivity index (χ1n) is 22.4. The van der Waals surface area contributed by atoms with Crippen molar-refractivity contribution < 1.29 is 0 Å². The normalized spacial score (nSPS) is 12.1. The Labute approximate surface area is 380 Å². The lowest BCUT2D eigenvalue weighted by atomic mass is 9.87. The third-order valence-electron chi connectivity index (χ3n) is 12.1. The molecular formula is C62H56N2. The molecule has 0 bridgehead atoms. The Kier molecular flexibility index (Phi) is 11.6. The summed E-state index contributed by atoms with van der Waals surface area (Å²) < 4.78 is 0. The molecule has 0 saturated carbocycles. The second kappa shape index (κ2) is 17.8. The molecule has 0 N–H and O–H groups in total. The highest BCUT2D eigenvalue weighted by Gasteiger charge is 2.18. The quantitative estimate of drug-likeness (QED) is 0.100. The summed E-state index contributed by atoms with van der Waals surface area (Å²) in [6.07, 6.45) is 8.83. The van der Waals surface area contributed by atoms with Gasteiger partial charge in [-0.1, -0.05) is 175 Å². The van der Waals surface area contributed by atoms with E-state index in [0.717, 1.165) is 45.3 Å². The summed E-state index contributed by atoms with van der Waals surface area (Å²) in [7, 11) is 0. The second-order valence-corrected chi connectivity index (χ2v) is 18.9. The van der Waals surface area contributed by atoms with Crippen LogP contribution < -0.4 is 9.80 Å². The Hall–Kier alpha value is -7.42. The molecule has 0 aliphatic rings. The van der Waals surface area contributed by atoms with Crippen molar-refractivity contribution in [3.05, 3.63) is 240 Å². The SMILES string of the molecule is CC(C)(C)c1ccc(N(c2ccccc2)c2ccc(/C=C\c3ccc4cc5cc(/C=C\c6ccc(N(c7ccccc7)c7ccc(C(C)(C)C)cc7)cc6)ccc5cc4c3)cc2)cc1. The molecule has 0 spiro atoms. The maximum atomic E-state index is 2.32. The molecule has 314 valence electrons. The molecule has 2 heteroatoms. The molecule has 0 aromatic heterocycles. The van der Waals surface area contributed by atoms with Gasteiger partial charge >= 0.3 is 0 Å². The summed E-state index contributed by atoms with van der Waals surface area (Å²) in [5.74, 6) is 0. The van der Waals surface area contributed by atoms with E-state index in [-0.39, 0.29) is 10.8 Å². The molecule has 0 aliphatic carbocycles. The Bertz CT molecular complexity index is 2840. The van der Waals surface area contributed by atoms with Crippen molar-refractivity contribution in [3.8, 4) is 0 Å². The molecule has 0 saturated heterocycles. The van der Waals surface area contributed by atoms with E-state index in [9.17, 15) is 0 Å². The minimum absolute atomic E-state index is 0.107. The van der Waals surface area contributed by atoms with Crippen LogP contribution in [0.5, 0.6) is 0 Å². The van der Waals surface area contributed by atoms with Crippen molar-refractivity contribution in [2.24, 2.45) is 0 Å². The molecule has 0 aliphatic heterocycles. The van der Waals surface area contributed by atoms with Crippen LogP contribution in [0.15, 0.2) is 206 Å². The average Bonchev–Trinajstić information content (AvgIpc) is 3.31. The Morgan fingerprint density at radius 1 is 0.266 bits per heavy atom. The topological polar surface area (TPSA) is 6.48 Å². The van der Waals surface area contributed by atoms with Crippen molar-refractivity contribution in [2.45, 2.75) is 52.4 Å². The molecule has 0 radical (unpaired) electrons. The second-order valence-electron chi connectivity index (χ2n) is 18.9. The highest BCUT2D eigenvalue weighted by molar-refractivity contribution is 6.00. The van der Waals surface area contributed by atoms with Crippen LogP contribution in [0.3, 0.4) is 0 Å². The van der Waals surface area contributed by atoms with Crippen LogP contribution in [0.25, 0.3) is 45.8 Å². The smallest absolute Gasteiger partial charge is 0.0462 e. The fourth-order valence-electron chi connectivity index (χ4n) is 8.37. The number of nitrogens with zero attached hydrogens (tertiary/aromatic N) is 2. The van der Waals surface area contributed by atoms with Crippen LogP contribution in [-0.4, -0.2) is 0 Å². The third kappa shape index (κ3) is 9.48. The van der Waals surface area contributed by atoms with E-state index in [1.54, 1.807) is 0 Å². The van der Waals surface area contributed by atoms with Gasteiger partial charge in [-0.15, -0.1) is 0 Å². The van der Waals surface area contributed by atoms with Gasteiger partial charge in [0.05, 0.1) is 0 Å². The van der Waals surface area contributed by atoms with Crippen LogP contribution in [0.2, 0.25) is 0 Å². The first-order valence-corrected chi connectivity index (χ1v) is 22.4. The van der Waals surface area contributed by atoms with E-state index in [4.69, 9.17) is 0 Å². The van der Waals surface area contributed by atoms with Crippen molar-refractivity contribution in [2.75, 3.05) is 9.80 Å². The number of hydrogen-bond acceptors (Lipinski definition) is 2. The molecule has 0 atom stereocenters. The average molecular weight is 829 g/mol. The molecule has 64 heavy (non-hydrogen) atoms. The predicted molar refractivity (Wildman–Crippen MR) is 279 cm³/mol. The van der Waals surface area contributed by atoms with Crippen molar-refractivity contribution >= 4 is 80.0 Å². The van der Waals surface area contributed by atoms with Crippen molar-refractivity contribution in [1.29, 1.82) is 0 Å². The van der Waals surface area contributed by atoms with Crippen molar-refractivity contribution in [1.82, 2.24) is 0 Å². The highest BCUT2D eigenvalue weighted by atomic mass is 15.1. The van der Waals surface area contributed by atoms with E-state index in [1.165, 1.54) is 43.8 Å². The molecule has 2 nitrogen and oxygen atoms in total. The maximum Gasteiger partial charge on any atom is 0.0462 e. The number of rotatable bonds is 10. The minimum Gasteiger partial charge on any atom is -0.311 e. The summed E-state index contributed by atoms with van der Waals surface area (Å²) in [4.78, 5) is 4.64. The molecular weight excluding hydrogens is 773 g/mol. The zero-order chi connectivity index (χ0) is 44.3. The van der Waals surface area contributed by atoms with Gasteiger partial charge in [0.15, 0.2) is 0 Å². The number of fused-ring (bicyclic) bond motifs is 2. The zero-order valence-corrected chi connectivity index (χ0v) is 37.8. The fraction of sp³-hybridized carbons (Fsp3) is 0.129. The Morgan fingerprint density at radius 3 is 0.875 bits per heavy atom. The molecule has 0 amide bonds. The van der Waals surface area contributed by atoms with Crippen LogP contribution in [-0.2, 0) is 10.8 Å². The summed E-state index contributed by atoms with van der Waals surface area (Å²) in [5, 5.41) is 4.94. The van der Waals surface area contributed by atoms with E-state index in [0.29, 0.717) is 0 Å². The molecule has 9 aromatic rings. The van der Waals surface area contributed by atoms with Gasteiger partial charge in [0.25, 0.3) is 0 Å². The number of para-hydroxylation sites is 2. The molecule has 0 fully saturated rings. The zero-order valence-electron chi connectivity index (χ0n) is 37.8. The summed E-state index contributed by atoms with van der Waals surface area (Å²) in [6.45, 7) is 13.5. The first kappa shape index (κ1) is 41.9. The van der Waals surface area contributed by atoms with Gasteiger partial charge in [0, 0.05) is 34.1 Å². The van der Waals surface area contributed by atoms with E-state index < -0.39 is 0 Å². The first-order chi connectivity index (χ1) is 30.9. The molecule has 0 heterocycles. The van der Waals surface area contributed by atoms with E-state index >= 15 is 0 Å². The van der Waals surface area contributed by atoms with Crippen LogP contribution in [0.4, 0.5) is 34.1 Å². The number of hydrogen-bond donors (Lipinski definition) is 0. The number of anilines is 6. The standard InChI is InChI=1S/C62H56N2/c1-61(2,3)53-29-37-59(38-30-53)63(55-13-9-7-10-14-55)57-33-23-45(24-34-57)17-19-47-21-27-49-44-52-42-48(22-28-50(52)43-51(49)41-47)20-18-46-25-35-58(36-26-46)64(56-15-11-8-12-16-56)60-39-31-54(32-40-60)62(4,5)6/h7-44H,1-6H3/b19-17-,20-18-. The van der Waals surface area contributed by atoms with Crippen LogP contribution >= 0.6 is 0 Å². The van der Waals surface area contributed by atoms with E-state index in [1.807, 2.05) is 0 Å². The van der Waals surface area contributed by atoms with Gasteiger partial charge < -0.3 is 9.80 Å². The highest BCUT2D eigenvalue weighted by Crippen LogP contribution is 2.38. The molecule has 9 aromatic carbocycles. The van der Waals surface area contributed by atoms with Gasteiger partial charge in [-0.3, -0.25) is 0 Å². The van der Waals surface area contributed by atoms with Crippen molar-refractivity contribution in [3.63, 3.8) is 0 Å². The fourth-order valence-corrected chi connectivity index (χ4v) is 8.37. The number of benzene rings is 9. The molecule has 9 rings (SSSR count). The van der Waals surface area contributed by atoms with Gasteiger partial charge in [0.1, 0.15) is 0 Å². The summed E-state index contributed by atoms with van der Waals surface area (Å²) in [5.41, 5.74) is 14.4. The van der Waals surface area contributed by atoms with Crippen LogP contribution in [0.1, 0.15) is 74.9 Å². The van der Waals surface area contributed by atoms with Crippen LogP contribution in [0, 0.1) is 0 Å².